The topological polar surface area (TPSA) is 30.7 Å². The fraction of sp³-hybridized carbons (Fsp3) is 0.467. The van der Waals surface area contributed by atoms with Crippen molar-refractivity contribution in [3.8, 4) is 5.69 Å². The molecule has 0 aliphatic heterocycles. The number of alkyl halides is 1. The van der Waals surface area contributed by atoms with Crippen molar-refractivity contribution >= 4 is 15.9 Å². The second-order valence-corrected chi connectivity index (χ2v) is 6.19. The Hall–Kier alpha value is -1.16. The summed E-state index contributed by atoms with van der Waals surface area (Å²) >= 11 is 3.63. The molecular formula is C15H18BrN3. The summed E-state index contributed by atoms with van der Waals surface area (Å²) < 4.78 is 1.93. The molecule has 0 amide bonds. The Kier molecular flexibility index (Phi) is 3.69. The van der Waals surface area contributed by atoms with Crippen LogP contribution in [0.5, 0.6) is 0 Å². The number of nitrogens with zero attached hydrogens (tertiary/aromatic N) is 3. The van der Waals surface area contributed by atoms with E-state index in [9.17, 15) is 0 Å². The third-order valence-corrected chi connectivity index (χ3v) is 4.93. The molecule has 1 aromatic carbocycles. The highest BCUT2D eigenvalue weighted by molar-refractivity contribution is 9.09. The molecule has 0 saturated carbocycles. The van der Waals surface area contributed by atoms with E-state index >= 15 is 0 Å². The highest BCUT2D eigenvalue weighted by atomic mass is 79.9. The van der Waals surface area contributed by atoms with E-state index in [0.717, 1.165) is 18.5 Å². The minimum atomic E-state index is 0.292. The molecular weight excluding hydrogens is 302 g/mol. The molecule has 1 heterocycles. The molecule has 1 unspecified atom stereocenters. The first kappa shape index (κ1) is 12.9. The summed E-state index contributed by atoms with van der Waals surface area (Å²) in [4.78, 5) is 0.292. The Balaban J connectivity index is 2.00. The lowest BCUT2D eigenvalue weighted by atomic mass is 9.90. The van der Waals surface area contributed by atoms with Crippen LogP contribution in [0.1, 0.15) is 47.8 Å². The first-order valence-corrected chi connectivity index (χ1v) is 7.88. The minimum absolute atomic E-state index is 0.292. The zero-order valence-corrected chi connectivity index (χ0v) is 12.7. The van der Waals surface area contributed by atoms with Gasteiger partial charge in [-0.15, -0.1) is 5.10 Å². The van der Waals surface area contributed by atoms with E-state index in [1.807, 2.05) is 10.9 Å². The van der Waals surface area contributed by atoms with Gasteiger partial charge in [0.15, 0.2) is 0 Å². The molecule has 1 aliphatic carbocycles. The molecule has 3 nitrogen and oxygen atoms in total. The quantitative estimate of drug-likeness (QED) is 0.801. The summed E-state index contributed by atoms with van der Waals surface area (Å²) in [5.41, 5.74) is 5.14. The van der Waals surface area contributed by atoms with Crippen LogP contribution in [0.4, 0.5) is 0 Å². The molecule has 19 heavy (non-hydrogen) atoms. The Bertz CT molecular complexity index is 577. The normalized spacial score (nSPS) is 16.1. The molecule has 1 aliphatic rings. The van der Waals surface area contributed by atoms with Crippen LogP contribution in [0.15, 0.2) is 24.4 Å². The highest BCUT2D eigenvalue weighted by Crippen LogP contribution is 2.28. The average molecular weight is 320 g/mol. The molecule has 1 aromatic heterocycles. The van der Waals surface area contributed by atoms with Crippen molar-refractivity contribution in [2.75, 3.05) is 0 Å². The summed E-state index contributed by atoms with van der Waals surface area (Å²) in [6.45, 7) is 2.14. The van der Waals surface area contributed by atoms with E-state index in [4.69, 9.17) is 0 Å². The standard InChI is InChI=1S/C15H18BrN3/c1-2-13(16)14-10-19(18-17-14)15-9-5-7-11-6-3-4-8-12(11)15/h5,7,9-10,13H,2-4,6,8H2,1H3. The Morgan fingerprint density at radius 2 is 2.16 bits per heavy atom. The van der Waals surface area contributed by atoms with Crippen LogP contribution in [0.2, 0.25) is 0 Å². The van der Waals surface area contributed by atoms with Gasteiger partial charge in [-0.25, -0.2) is 4.68 Å². The number of benzene rings is 1. The number of hydrogen-bond acceptors (Lipinski definition) is 2. The maximum Gasteiger partial charge on any atom is 0.0967 e. The SMILES string of the molecule is CCC(Br)c1cn(-c2cccc3c2CCCC3)nn1. The van der Waals surface area contributed by atoms with Gasteiger partial charge >= 0.3 is 0 Å². The summed E-state index contributed by atoms with van der Waals surface area (Å²) in [6.07, 6.45) is 8.01. The zero-order chi connectivity index (χ0) is 13.2. The number of aryl methyl sites for hydroxylation is 1. The van der Waals surface area contributed by atoms with Gasteiger partial charge in [-0.3, -0.25) is 0 Å². The molecule has 0 fully saturated rings. The summed E-state index contributed by atoms with van der Waals surface area (Å²) in [7, 11) is 0. The van der Waals surface area contributed by atoms with E-state index in [1.165, 1.54) is 36.1 Å². The van der Waals surface area contributed by atoms with Crippen LogP contribution in [-0.4, -0.2) is 15.0 Å². The van der Waals surface area contributed by atoms with Gasteiger partial charge in [0.05, 0.1) is 22.4 Å². The lowest BCUT2D eigenvalue weighted by Crippen LogP contribution is -2.08. The summed E-state index contributed by atoms with van der Waals surface area (Å²) in [6, 6.07) is 6.53. The van der Waals surface area contributed by atoms with Crippen molar-refractivity contribution in [2.45, 2.75) is 43.9 Å². The van der Waals surface area contributed by atoms with Crippen molar-refractivity contribution in [3.63, 3.8) is 0 Å². The van der Waals surface area contributed by atoms with E-state index in [-0.39, 0.29) is 0 Å². The van der Waals surface area contributed by atoms with Crippen LogP contribution in [-0.2, 0) is 12.8 Å². The summed E-state index contributed by atoms with van der Waals surface area (Å²) in [5, 5.41) is 8.58. The number of fused-ring (bicyclic) bond motifs is 1. The van der Waals surface area contributed by atoms with E-state index in [2.05, 4.69) is 51.4 Å². The van der Waals surface area contributed by atoms with Crippen LogP contribution >= 0.6 is 15.9 Å². The monoisotopic (exact) mass is 319 g/mol. The maximum absolute atomic E-state index is 4.30. The zero-order valence-electron chi connectivity index (χ0n) is 11.1. The Labute approximate surface area is 122 Å². The second-order valence-electron chi connectivity index (χ2n) is 5.09. The van der Waals surface area contributed by atoms with Gasteiger partial charge in [-0.2, -0.15) is 0 Å². The number of rotatable bonds is 3. The average Bonchev–Trinajstić information content (AvgIpc) is 2.95. The summed E-state index contributed by atoms with van der Waals surface area (Å²) in [5.74, 6) is 0. The van der Waals surface area contributed by atoms with Gasteiger partial charge in [-0.1, -0.05) is 40.2 Å². The lowest BCUT2D eigenvalue weighted by molar-refractivity contribution is 0.673. The molecule has 0 radical (unpaired) electrons. The largest absolute Gasteiger partial charge is 0.220 e. The van der Waals surface area contributed by atoms with Gasteiger partial charge in [-0.05, 0) is 49.3 Å². The van der Waals surface area contributed by atoms with Gasteiger partial charge in [0.1, 0.15) is 0 Å². The number of halogens is 1. The van der Waals surface area contributed by atoms with Crippen molar-refractivity contribution in [1.82, 2.24) is 15.0 Å². The first-order chi connectivity index (χ1) is 9.29. The fourth-order valence-corrected chi connectivity index (χ4v) is 2.93. The van der Waals surface area contributed by atoms with Gasteiger partial charge in [0, 0.05) is 0 Å². The number of hydrogen-bond donors (Lipinski definition) is 0. The fourth-order valence-electron chi connectivity index (χ4n) is 2.72. The molecule has 4 heteroatoms. The van der Waals surface area contributed by atoms with Gasteiger partial charge in [0.25, 0.3) is 0 Å². The molecule has 0 bridgehead atoms. The van der Waals surface area contributed by atoms with E-state index in [0.29, 0.717) is 4.83 Å². The molecule has 0 spiro atoms. The molecule has 0 saturated heterocycles. The van der Waals surface area contributed by atoms with Crippen LogP contribution in [0.25, 0.3) is 5.69 Å². The first-order valence-electron chi connectivity index (χ1n) is 6.97. The number of aromatic nitrogens is 3. The molecule has 0 N–H and O–H groups in total. The Morgan fingerprint density at radius 1 is 1.32 bits per heavy atom. The van der Waals surface area contributed by atoms with E-state index in [1.54, 1.807) is 0 Å². The third-order valence-electron chi connectivity index (χ3n) is 3.81. The molecule has 3 rings (SSSR count). The minimum Gasteiger partial charge on any atom is -0.220 e. The van der Waals surface area contributed by atoms with Crippen LogP contribution in [0.3, 0.4) is 0 Å². The van der Waals surface area contributed by atoms with Gasteiger partial charge in [0.2, 0.25) is 0 Å². The third kappa shape index (κ3) is 2.46. The van der Waals surface area contributed by atoms with E-state index < -0.39 is 0 Å². The lowest BCUT2D eigenvalue weighted by Gasteiger charge is -2.18. The van der Waals surface area contributed by atoms with Crippen molar-refractivity contribution in [3.05, 3.63) is 41.2 Å². The van der Waals surface area contributed by atoms with Crippen LogP contribution < -0.4 is 0 Å². The second kappa shape index (κ2) is 5.45. The molecule has 100 valence electrons. The predicted octanol–water partition coefficient (Wildman–Crippen LogP) is 3.99. The molecule has 1 atom stereocenters. The molecule has 2 aromatic rings. The predicted molar refractivity (Wildman–Crippen MR) is 80.0 cm³/mol. The van der Waals surface area contributed by atoms with Crippen molar-refractivity contribution < 1.29 is 0 Å². The highest BCUT2D eigenvalue weighted by Gasteiger charge is 2.16. The van der Waals surface area contributed by atoms with Crippen LogP contribution in [0, 0.1) is 0 Å². The van der Waals surface area contributed by atoms with Crippen molar-refractivity contribution in [2.24, 2.45) is 0 Å². The van der Waals surface area contributed by atoms with Gasteiger partial charge < -0.3 is 0 Å². The smallest absolute Gasteiger partial charge is 0.0967 e. The maximum atomic E-state index is 4.30. The van der Waals surface area contributed by atoms with Crippen molar-refractivity contribution in [1.29, 1.82) is 0 Å². The Morgan fingerprint density at radius 3 is 3.00 bits per heavy atom.